The smallest absolute Gasteiger partial charge is 0.213 e. The van der Waals surface area contributed by atoms with Crippen LogP contribution in [0.3, 0.4) is 0 Å². The van der Waals surface area contributed by atoms with Crippen molar-refractivity contribution < 1.29 is 4.74 Å². The minimum atomic E-state index is 0.425. The van der Waals surface area contributed by atoms with Crippen molar-refractivity contribution in [1.29, 1.82) is 0 Å². The Morgan fingerprint density at radius 2 is 1.82 bits per heavy atom. The van der Waals surface area contributed by atoms with Gasteiger partial charge in [0.25, 0.3) is 0 Å². The largest absolute Gasteiger partial charge is 0.471 e. The lowest BCUT2D eigenvalue weighted by atomic mass is 10.1. The van der Waals surface area contributed by atoms with Gasteiger partial charge < -0.3 is 4.74 Å². The van der Waals surface area contributed by atoms with Gasteiger partial charge in [-0.1, -0.05) is 24.3 Å². The van der Waals surface area contributed by atoms with Crippen molar-refractivity contribution in [1.82, 2.24) is 9.97 Å². The van der Waals surface area contributed by atoms with Gasteiger partial charge in [0.15, 0.2) is 0 Å². The number of hydrogen-bond acceptors (Lipinski definition) is 4. The van der Waals surface area contributed by atoms with E-state index in [0.717, 1.165) is 11.3 Å². The van der Waals surface area contributed by atoms with Gasteiger partial charge in [-0.15, -0.1) is 11.8 Å². The van der Waals surface area contributed by atoms with Gasteiger partial charge in [-0.05, 0) is 36.1 Å². The molecule has 0 saturated carbocycles. The van der Waals surface area contributed by atoms with Crippen LogP contribution in [0.1, 0.15) is 5.69 Å². The van der Waals surface area contributed by atoms with Crippen LogP contribution >= 0.6 is 11.8 Å². The van der Waals surface area contributed by atoms with Crippen LogP contribution in [-0.2, 0) is 6.61 Å². The van der Waals surface area contributed by atoms with E-state index in [1.54, 1.807) is 18.0 Å². The molecule has 0 unspecified atom stereocenters. The van der Waals surface area contributed by atoms with Gasteiger partial charge in [-0.3, -0.25) is 4.98 Å². The van der Waals surface area contributed by atoms with Crippen LogP contribution in [0.25, 0.3) is 11.1 Å². The van der Waals surface area contributed by atoms with Crippen molar-refractivity contribution in [2.24, 2.45) is 0 Å². The summed E-state index contributed by atoms with van der Waals surface area (Å²) in [7, 11) is 0. The fourth-order valence-electron chi connectivity index (χ4n) is 2.14. The van der Waals surface area contributed by atoms with Crippen molar-refractivity contribution in [2.45, 2.75) is 11.5 Å². The van der Waals surface area contributed by atoms with Crippen LogP contribution in [0.2, 0.25) is 0 Å². The number of hydrogen-bond donors (Lipinski definition) is 0. The highest BCUT2D eigenvalue weighted by molar-refractivity contribution is 7.98. The van der Waals surface area contributed by atoms with Crippen LogP contribution in [0.5, 0.6) is 5.88 Å². The van der Waals surface area contributed by atoms with Gasteiger partial charge in [-0.25, -0.2) is 4.98 Å². The van der Waals surface area contributed by atoms with Crippen LogP contribution < -0.4 is 4.74 Å². The van der Waals surface area contributed by atoms with Gasteiger partial charge in [0.05, 0.1) is 5.69 Å². The van der Waals surface area contributed by atoms with E-state index in [1.807, 2.05) is 48.7 Å². The van der Waals surface area contributed by atoms with E-state index >= 15 is 0 Å². The summed E-state index contributed by atoms with van der Waals surface area (Å²) >= 11 is 1.73. The van der Waals surface area contributed by atoms with Gasteiger partial charge in [0.1, 0.15) is 6.61 Å². The molecule has 4 heteroatoms. The number of nitrogens with zero attached hydrogens (tertiary/aromatic N) is 2. The van der Waals surface area contributed by atoms with Gasteiger partial charge in [0, 0.05) is 28.9 Å². The summed E-state index contributed by atoms with van der Waals surface area (Å²) in [6, 6.07) is 18.0. The molecule has 110 valence electrons. The lowest BCUT2D eigenvalue weighted by Crippen LogP contribution is -1.99. The molecular formula is C18H16N2OS. The van der Waals surface area contributed by atoms with E-state index in [4.69, 9.17) is 4.74 Å². The summed E-state index contributed by atoms with van der Waals surface area (Å²) in [5, 5.41) is 0. The molecule has 2 aromatic heterocycles. The van der Waals surface area contributed by atoms with Crippen molar-refractivity contribution >= 4 is 11.8 Å². The van der Waals surface area contributed by atoms with E-state index in [1.165, 1.54) is 10.5 Å². The molecule has 0 aliphatic heterocycles. The fourth-order valence-corrected chi connectivity index (χ4v) is 2.76. The van der Waals surface area contributed by atoms with Crippen molar-refractivity contribution in [3.63, 3.8) is 0 Å². The summed E-state index contributed by atoms with van der Waals surface area (Å²) in [6.07, 6.45) is 5.69. The topological polar surface area (TPSA) is 35.0 Å². The SMILES string of the molecule is CSc1ccccc1-c1ccc(OCc2ccccn2)nc1. The molecule has 0 amide bonds. The maximum absolute atomic E-state index is 5.66. The van der Waals surface area contributed by atoms with Gasteiger partial charge in [-0.2, -0.15) is 0 Å². The minimum absolute atomic E-state index is 0.425. The second-order valence-electron chi connectivity index (χ2n) is 4.70. The Bertz CT molecular complexity index is 730. The first-order valence-electron chi connectivity index (χ1n) is 6.99. The quantitative estimate of drug-likeness (QED) is 0.653. The van der Waals surface area contributed by atoms with E-state index in [0.29, 0.717) is 12.5 Å². The normalized spacial score (nSPS) is 10.4. The molecule has 0 spiro atoms. The summed E-state index contributed by atoms with van der Waals surface area (Å²) in [4.78, 5) is 9.85. The number of rotatable bonds is 5. The number of benzene rings is 1. The van der Waals surface area contributed by atoms with Gasteiger partial charge in [0.2, 0.25) is 5.88 Å². The van der Waals surface area contributed by atoms with Crippen molar-refractivity contribution in [2.75, 3.05) is 6.26 Å². The Kier molecular flexibility index (Phi) is 4.71. The summed E-state index contributed by atoms with van der Waals surface area (Å²) in [5.41, 5.74) is 3.18. The molecule has 3 rings (SSSR count). The molecule has 1 aromatic carbocycles. The Morgan fingerprint density at radius 3 is 2.55 bits per heavy atom. The lowest BCUT2D eigenvalue weighted by molar-refractivity contribution is 0.289. The van der Waals surface area contributed by atoms with Crippen molar-refractivity contribution in [3.05, 3.63) is 72.7 Å². The number of pyridine rings is 2. The van der Waals surface area contributed by atoms with E-state index in [-0.39, 0.29) is 0 Å². The zero-order valence-electron chi connectivity index (χ0n) is 12.3. The monoisotopic (exact) mass is 308 g/mol. The lowest BCUT2D eigenvalue weighted by Gasteiger charge is -2.08. The molecular weight excluding hydrogens is 292 g/mol. The first-order chi connectivity index (χ1) is 10.9. The van der Waals surface area contributed by atoms with Crippen LogP contribution in [0, 0.1) is 0 Å². The molecule has 22 heavy (non-hydrogen) atoms. The molecule has 0 aliphatic rings. The third-order valence-electron chi connectivity index (χ3n) is 3.25. The van der Waals surface area contributed by atoms with Gasteiger partial charge >= 0.3 is 0 Å². The van der Waals surface area contributed by atoms with E-state index < -0.39 is 0 Å². The Morgan fingerprint density at radius 1 is 0.955 bits per heavy atom. The highest BCUT2D eigenvalue weighted by Crippen LogP contribution is 2.30. The average Bonchev–Trinajstić information content (AvgIpc) is 2.61. The maximum atomic E-state index is 5.66. The van der Waals surface area contributed by atoms with E-state index in [2.05, 4.69) is 28.4 Å². The molecule has 0 N–H and O–H groups in total. The molecule has 0 aliphatic carbocycles. The Labute approximate surface area is 134 Å². The minimum Gasteiger partial charge on any atom is -0.471 e. The highest BCUT2D eigenvalue weighted by atomic mass is 32.2. The Hall–Kier alpha value is -2.33. The third-order valence-corrected chi connectivity index (χ3v) is 4.04. The molecule has 0 radical (unpaired) electrons. The summed E-state index contributed by atoms with van der Waals surface area (Å²) < 4.78 is 5.66. The summed E-state index contributed by atoms with van der Waals surface area (Å²) in [5.74, 6) is 0.607. The molecule has 0 saturated heterocycles. The first-order valence-corrected chi connectivity index (χ1v) is 8.21. The standard InChI is InChI=1S/C18H16N2OS/c1-22-17-8-3-2-7-16(17)14-9-10-18(20-12-14)21-13-15-6-4-5-11-19-15/h2-12H,13H2,1H3. The Balaban J connectivity index is 1.73. The number of thioether (sulfide) groups is 1. The summed E-state index contributed by atoms with van der Waals surface area (Å²) in [6.45, 7) is 0.425. The van der Waals surface area contributed by atoms with Crippen molar-refractivity contribution in [3.8, 4) is 17.0 Å². The molecule has 0 bridgehead atoms. The first kappa shape index (κ1) is 14.6. The van der Waals surface area contributed by atoms with E-state index in [9.17, 15) is 0 Å². The molecule has 3 aromatic rings. The molecule has 3 nitrogen and oxygen atoms in total. The highest BCUT2D eigenvalue weighted by Gasteiger charge is 2.05. The van der Waals surface area contributed by atoms with Crippen LogP contribution in [0.4, 0.5) is 0 Å². The molecule has 0 atom stereocenters. The second-order valence-corrected chi connectivity index (χ2v) is 5.54. The zero-order valence-corrected chi connectivity index (χ0v) is 13.1. The average molecular weight is 308 g/mol. The third kappa shape index (κ3) is 3.46. The molecule has 2 heterocycles. The van der Waals surface area contributed by atoms with Crippen LogP contribution in [-0.4, -0.2) is 16.2 Å². The van der Waals surface area contributed by atoms with Crippen LogP contribution in [0.15, 0.2) is 71.9 Å². The predicted molar refractivity (Wildman–Crippen MR) is 90.0 cm³/mol. The predicted octanol–water partition coefficient (Wildman–Crippen LogP) is 4.44. The number of ether oxygens (including phenoxy) is 1. The fraction of sp³-hybridized carbons (Fsp3) is 0.111. The second kappa shape index (κ2) is 7.09. The number of aromatic nitrogens is 2. The maximum Gasteiger partial charge on any atom is 0.213 e. The zero-order chi connectivity index (χ0) is 15.2. The molecule has 0 fully saturated rings.